The van der Waals surface area contributed by atoms with Gasteiger partial charge in [0, 0.05) is 64.8 Å². The molecule has 0 aromatic carbocycles. The van der Waals surface area contributed by atoms with Crippen LogP contribution in [0.15, 0.2) is 36.9 Å². The Balaban J connectivity index is 0.000000333. The SMILES string of the molecule is CO[C@H]1CCN(C(=O)c2cnn(C)c2)[C@@H]2CN(Cc3cccnc3)C[C@H]12.O=C(O)C(F)(F)F.O=C(O)C(F)(F)F. The number of aromatic nitrogens is 3. The second kappa shape index (κ2) is 13.6. The van der Waals surface area contributed by atoms with E-state index in [1.165, 1.54) is 5.56 Å². The normalized spacial score (nSPS) is 20.9. The minimum Gasteiger partial charge on any atom is -0.475 e. The molecule has 2 N–H and O–H groups in total. The first kappa shape index (κ1) is 32.5. The van der Waals surface area contributed by atoms with Crippen LogP contribution in [0, 0.1) is 5.92 Å². The van der Waals surface area contributed by atoms with Crippen molar-refractivity contribution >= 4 is 17.8 Å². The molecule has 222 valence electrons. The standard InChI is InChI=1S/C19H25N5O2.2C2HF3O2/c1-22-11-15(9-21-22)19(25)24-7-5-18(26-2)16-12-23(13-17(16)24)10-14-4-3-6-20-8-14;2*3-2(4,5)1(6)7/h3-4,6,8-9,11,16-18H,5,7,10,12-13H2,1-2H3;2*(H,6,7)/t16-,17+,18-;;/m0../s1. The third-order valence-electron chi connectivity index (χ3n) is 6.07. The van der Waals surface area contributed by atoms with E-state index in [0.717, 1.165) is 32.6 Å². The zero-order valence-corrected chi connectivity index (χ0v) is 21.3. The highest BCUT2D eigenvalue weighted by Crippen LogP contribution is 2.34. The number of fused-ring (bicyclic) bond motifs is 1. The van der Waals surface area contributed by atoms with E-state index in [0.29, 0.717) is 11.5 Å². The van der Waals surface area contributed by atoms with E-state index < -0.39 is 24.3 Å². The summed E-state index contributed by atoms with van der Waals surface area (Å²) in [6.07, 6.45) is -1.93. The van der Waals surface area contributed by atoms with Crippen LogP contribution in [0.4, 0.5) is 26.3 Å². The van der Waals surface area contributed by atoms with Gasteiger partial charge < -0.3 is 19.8 Å². The Hall–Kier alpha value is -3.73. The third-order valence-corrected chi connectivity index (χ3v) is 6.07. The Labute approximate surface area is 223 Å². The molecule has 2 aliphatic rings. The topological polar surface area (TPSA) is 138 Å². The molecule has 2 saturated heterocycles. The van der Waals surface area contributed by atoms with Crippen LogP contribution in [-0.4, -0.2) is 104 Å². The lowest BCUT2D eigenvalue weighted by Crippen LogP contribution is -2.53. The lowest BCUT2D eigenvalue weighted by Gasteiger charge is -2.41. The Morgan fingerprint density at radius 2 is 1.65 bits per heavy atom. The monoisotopic (exact) mass is 583 g/mol. The van der Waals surface area contributed by atoms with Crippen LogP contribution in [0.1, 0.15) is 22.3 Å². The van der Waals surface area contributed by atoms with Crippen molar-refractivity contribution in [2.75, 3.05) is 26.7 Å². The van der Waals surface area contributed by atoms with Gasteiger partial charge in [0.1, 0.15) is 0 Å². The zero-order valence-electron chi connectivity index (χ0n) is 21.3. The van der Waals surface area contributed by atoms with Gasteiger partial charge in [-0.2, -0.15) is 31.4 Å². The predicted molar refractivity (Wildman–Crippen MR) is 124 cm³/mol. The first-order valence-corrected chi connectivity index (χ1v) is 11.6. The molecule has 1 amide bonds. The highest BCUT2D eigenvalue weighted by Gasteiger charge is 2.46. The number of alkyl halides is 6. The van der Waals surface area contributed by atoms with Crippen LogP contribution in [-0.2, 0) is 27.9 Å². The summed E-state index contributed by atoms with van der Waals surface area (Å²) in [6, 6.07) is 4.24. The van der Waals surface area contributed by atoms with Crippen molar-refractivity contribution in [3.8, 4) is 0 Å². The van der Waals surface area contributed by atoms with Gasteiger partial charge in [0.15, 0.2) is 0 Å². The van der Waals surface area contributed by atoms with Crippen molar-refractivity contribution in [2.45, 2.75) is 37.5 Å². The molecule has 2 aromatic rings. The fourth-order valence-corrected chi connectivity index (χ4v) is 4.36. The Bertz CT molecular complexity index is 1120. The van der Waals surface area contributed by atoms with Gasteiger partial charge in [0.25, 0.3) is 5.91 Å². The fraction of sp³-hybridized carbons (Fsp3) is 0.522. The lowest BCUT2D eigenvalue weighted by atomic mass is 9.88. The predicted octanol–water partition coefficient (Wildman–Crippen LogP) is 2.44. The van der Waals surface area contributed by atoms with E-state index in [-0.39, 0.29) is 18.1 Å². The number of hydrogen-bond acceptors (Lipinski definition) is 7. The molecule has 4 heterocycles. The van der Waals surface area contributed by atoms with Crippen LogP contribution in [0.25, 0.3) is 0 Å². The number of likely N-dealkylation sites (tertiary alicyclic amines) is 2. The number of carbonyl (C=O) groups is 3. The number of amides is 1. The number of pyridine rings is 1. The van der Waals surface area contributed by atoms with Gasteiger partial charge >= 0.3 is 24.3 Å². The largest absolute Gasteiger partial charge is 0.490 e. The van der Waals surface area contributed by atoms with E-state index in [1.54, 1.807) is 30.4 Å². The van der Waals surface area contributed by atoms with Gasteiger partial charge in [0.2, 0.25) is 0 Å². The van der Waals surface area contributed by atoms with E-state index in [4.69, 9.17) is 24.5 Å². The smallest absolute Gasteiger partial charge is 0.475 e. The van der Waals surface area contributed by atoms with Gasteiger partial charge in [-0.1, -0.05) is 6.07 Å². The number of aliphatic carboxylic acids is 2. The van der Waals surface area contributed by atoms with Crippen molar-refractivity contribution in [1.29, 1.82) is 0 Å². The molecule has 0 spiro atoms. The summed E-state index contributed by atoms with van der Waals surface area (Å²) in [5.74, 6) is -5.10. The molecule has 4 rings (SSSR count). The molecule has 11 nitrogen and oxygen atoms in total. The van der Waals surface area contributed by atoms with E-state index in [1.807, 2.05) is 24.2 Å². The average molecular weight is 583 g/mol. The number of carboxylic acids is 2. The number of piperidine rings is 1. The number of ether oxygens (including phenoxy) is 1. The van der Waals surface area contributed by atoms with E-state index in [2.05, 4.69) is 21.0 Å². The average Bonchev–Trinajstić information content (AvgIpc) is 3.49. The number of methoxy groups -OCH3 is 1. The number of hydrogen-bond donors (Lipinski definition) is 2. The summed E-state index contributed by atoms with van der Waals surface area (Å²) in [4.78, 5) is 39.5. The fourth-order valence-electron chi connectivity index (χ4n) is 4.36. The minimum absolute atomic E-state index is 0.0749. The minimum atomic E-state index is -5.08. The van der Waals surface area contributed by atoms with Gasteiger partial charge in [-0.15, -0.1) is 0 Å². The molecule has 0 bridgehead atoms. The lowest BCUT2D eigenvalue weighted by molar-refractivity contribution is -0.193. The number of aryl methyl sites for hydroxylation is 1. The van der Waals surface area contributed by atoms with E-state index in [9.17, 15) is 31.1 Å². The Morgan fingerprint density at radius 1 is 1.05 bits per heavy atom. The number of nitrogens with zero attached hydrogens (tertiary/aromatic N) is 5. The van der Waals surface area contributed by atoms with Gasteiger partial charge in [-0.25, -0.2) is 9.59 Å². The summed E-state index contributed by atoms with van der Waals surface area (Å²) in [6.45, 7) is 3.39. The molecular weight excluding hydrogens is 556 g/mol. The highest BCUT2D eigenvalue weighted by atomic mass is 19.4. The van der Waals surface area contributed by atoms with Crippen LogP contribution < -0.4 is 0 Å². The third kappa shape index (κ3) is 9.18. The van der Waals surface area contributed by atoms with Gasteiger partial charge in [-0.05, 0) is 18.1 Å². The van der Waals surface area contributed by atoms with E-state index >= 15 is 0 Å². The van der Waals surface area contributed by atoms with Gasteiger partial charge in [0.05, 0.1) is 23.9 Å². The molecule has 0 radical (unpaired) electrons. The molecule has 0 aliphatic carbocycles. The maximum Gasteiger partial charge on any atom is 0.490 e. The highest BCUT2D eigenvalue weighted by molar-refractivity contribution is 5.94. The Morgan fingerprint density at radius 3 is 2.10 bits per heavy atom. The van der Waals surface area contributed by atoms with Crippen LogP contribution >= 0.6 is 0 Å². The first-order valence-electron chi connectivity index (χ1n) is 11.6. The molecule has 0 unspecified atom stereocenters. The molecule has 40 heavy (non-hydrogen) atoms. The molecule has 17 heteroatoms. The number of carboxylic acid groups (broad SMARTS) is 2. The van der Waals surface area contributed by atoms with Crippen molar-refractivity contribution in [2.24, 2.45) is 13.0 Å². The Kier molecular flexibility index (Phi) is 11.0. The molecule has 2 fully saturated rings. The van der Waals surface area contributed by atoms with Crippen molar-refractivity contribution in [3.63, 3.8) is 0 Å². The molecule has 2 aromatic heterocycles. The zero-order chi connectivity index (χ0) is 30.3. The molecular formula is C23H27F6N5O6. The van der Waals surface area contributed by atoms with Crippen molar-refractivity contribution in [3.05, 3.63) is 48.0 Å². The first-order chi connectivity index (χ1) is 18.5. The second-order valence-corrected chi connectivity index (χ2v) is 8.86. The van der Waals surface area contributed by atoms with Crippen molar-refractivity contribution < 1.29 is 55.7 Å². The summed E-state index contributed by atoms with van der Waals surface area (Å²) in [5.41, 5.74) is 1.86. The summed E-state index contributed by atoms with van der Waals surface area (Å²) in [7, 11) is 3.62. The number of carbonyl (C=O) groups excluding carboxylic acids is 1. The van der Waals surface area contributed by atoms with Crippen LogP contribution in [0.2, 0.25) is 0 Å². The van der Waals surface area contributed by atoms with Crippen molar-refractivity contribution in [1.82, 2.24) is 24.6 Å². The quantitative estimate of drug-likeness (QED) is 0.520. The second-order valence-electron chi connectivity index (χ2n) is 8.86. The number of halogens is 6. The summed E-state index contributed by atoms with van der Waals surface area (Å²) >= 11 is 0. The van der Waals surface area contributed by atoms with Crippen LogP contribution in [0.5, 0.6) is 0 Å². The molecule has 0 saturated carbocycles. The van der Waals surface area contributed by atoms with Crippen LogP contribution in [0.3, 0.4) is 0 Å². The molecule has 3 atom stereocenters. The maximum absolute atomic E-state index is 13.0. The maximum atomic E-state index is 13.0. The van der Waals surface area contributed by atoms with Gasteiger partial charge in [-0.3, -0.25) is 19.4 Å². The summed E-state index contributed by atoms with van der Waals surface area (Å²) < 4.78 is 70.9. The molecule has 2 aliphatic heterocycles. The number of rotatable bonds is 4. The summed E-state index contributed by atoms with van der Waals surface area (Å²) in [5, 5.41) is 18.4.